The molecule has 3 nitrogen and oxygen atoms in total. The zero-order chi connectivity index (χ0) is 10.2. The molecule has 1 aliphatic heterocycles. The SMILES string of the molecule is CN1CCS(=O)(=O)Cc2ccccc21. The van der Waals surface area contributed by atoms with E-state index in [1.807, 2.05) is 36.2 Å². The van der Waals surface area contributed by atoms with E-state index in [1.165, 1.54) is 0 Å². The number of fused-ring (bicyclic) bond motifs is 1. The van der Waals surface area contributed by atoms with Crippen LogP contribution in [0.15, 0.2) is 24.3 Å². The second-order valence-corrected chi connectivity index (χ2v) is 5.83. The van der Waals surface area contributed by atoms with Gasteiger partial charge in [-0.3, -0.25) is 0 Å². The maximum Gasteiger partial charge on any atom is 0.156 e. The highest BCUT2D eigenvalue weighted by Gasteiger charge is 2.20. The minimum absolute atomic E-state index is 0.174. The van der Waals surface area contributed by atoms with Crippen LogP contribution >= 0.6 is 0 Å². The van der Waals surface area contributed by atoms with E-state index in [1.54, 1.807) is 0 Å². The van der Waals surface area contributed by atoms with Crippen molar-refractivity contribution in [2.75, 3.05) is 24.2 Å². The molecule has 0 atom stereocenters. The largest absolute Gasteiger partial charge is 0.373 e. The van der Waals surface area contributed by atoms with Crippen molar-refractivity contribution in [1.82, 2.24) is 0 Å². The molecule has 1 aromatic rings. The molecule has 2 rings (SSSR count). The van der Waals surface area contributed by atoms with E-state index in [9.17, 15) is 8.42 Å². The lowest BCUT2D eigenvalue weighted by Crippen LogP contribution is -2.22. The van der Waals surface area contributed by atoms with Crippen molar-refractivity contribution in [1.29, 1.82) is 0 Å². The molecule has 0 unspecified atom stereocenters. The van der Waals surface area contributed by atoms with Crippen LogP contribution in [0, 0.1) is 0 Å². The molecule has 0 aromatic heterocycles. The highest BCUT2D eigenvalue weighted by Crippen LogP contribution is 2.24. The Morgan fingerprint density at radius 1 is 1.29 bits per heavy atom. The summed E-state index contributed by atoms with van der Waals surface area (Å²) in [6.07, 6.45) is 0. The second-order valence-electron chi connectivity index (χ2n) is 3.64. The third kappa shape index (κ3) is 1.75. The third-order valence-corrected chi connectivity index (χ3v) is 4.07. The summed E-state index contributed by atoms with van der Waals surface area (Å²) >= 11 is 0. The highest BCUT2D eigenvalue weighted by atomic mass is 32.2. The first kappa shape index (κ1) is 9.52. The second kappa shape index (κ2) is 3.28. The number of hydrogen-bond acceptors (Lipinski definition) is 3. The first-order chi connectivity index (χ1) is 6.58. The Hall–Kier alpha value is -1.03. The van der Waals surface area contributed by atoms with Crippen molar-refractivity contribution in [3.63, 3.8) is 0 Å². The number of sulfone groups is 1. The monoisotopic (exact) mass is 211 g/mol. The first-order valence-electron chi connectivity index (χ1n) is 4.58. The van der Waals surface area contributed by atoms with Gasteiger partial charge in [0.15, 0.2) is 9.84 Å². The lowest BCUT2D eigenvalue weighted by molar-refractivity contribution is 0.596. The summed E-state index contributed by atoms with van der Waals surface area (Å²) in [6, 6.07) is 7.67. The number of hydrogen-bond donors (Lipinski definition) is 0. The number of nitrogens with zero attached hydrogens (tertiary/aromatic N) is 1. The average molecular weight is 211 g/mol. The Morgan fingerprint density at radius 3 is 2.79 bits per heavy atom. The zero-order valence-corrected chi connectivity index (χ0v) is 8.92. The van der Waals surface area contributed by atoms with E-state index < -0.39 is 9.84 Å². The van der Waals surface area contributed by atoms with Gasteiger partial charge in [0.1, 0.15) is 0 Å². The molecule has 0 saturated carbocycles. The molecule has 0 bridgehead atoms. The summed E-state index contributed by atoms with van der Waals surface area (Å²) in [7, 11) is -0.977. The van der Waals surface area contributed by atoms with Gasteiger partial charge in [-0.15, -0.1) is 0 Å². The van der Waals surface area contributed by atoms with Gasteiger partial charge in [0.2, 0.25) is 0 Å². The van der Waals surface area contributed by atoms with Crippen LogP contribution in [0.1, 0.15) is 5.56 Å². The van der Waals surface area contributed by atoms with Gasteiger partial charge in [-0.25, -0.2) is 8.42 Å². The fourth-order valence-corrected chi connectivity index (χ4v) is 3.13. The standard InChI is InChI=1S/C10H13NO2S/c1-11-6-7-14(12,13)8-9-4-2-3-5-10(9)11/h2-5H,6-8H2,1H3. The van der Waals surface area contributed by atoms with E-state index in [0.717, 1.165) is 11.3 Å². The molecule has 76 valence electrons. The average Bonchev–Trinajstić information content (AvgIpc) is 2.25. The molecule has 1 aliphatic rings. The maximum absolute atomic E-state index is 11.6. The fourth-order valence-electron chi connectivity index (χ4n) is 1.71. The molecule has 1 heterocycles. The molecule has 0 fully saturated rings. The van der Waals surface area contributed by atoms with Crippen molar-refractivity contribution in [2.24, 2.45) is 0 Å². The Balaban J connectivity index is 2.51. The predicted octanol–water partition coefficient (Wildman–Crippen LogP) is 1.05. The number of anilines is 1. The van der Waals surface area contributed by atoms with E-state index in [0.29, 0.717) is 6.54 Å². The van der Waals surface area contributed by atoms with Gasteiger partial charge in [0.05, 0.1) is 11.5 Å². The fraction of sp³-hybridized carbons (Fsp3) is 0.400. The normalized spacial score (nSPS) is 19.9. The molecule has 0 N–H and O–H groups in total. The quantitative estimate of drug-likeness (QED) is 0.643. The van der Waals surface area contributed by atoms with Crippen LogP contribution in [-0.4, -0.2) is 27.8 Å². The molecule has 0 amide bonds. The summed E-state index contributed by atoms with van der Waals surface area (Å²) in [4.78, 5) is 2.00. The van der Waals surface area contributed by atoms with Gasteiger partial charge in [-0.2, -0.15) is 0 Å². The lowest BCUT2D eigenvalue weighted by Gasteiger charge is -2.17. The molecule has 4 heteroatoms. The van der Waals surface area contributed by atoms with Gasteiger partial charge in [-0.05, 0) is 11.6 Å². The summed E-state index contributed by atoms with van der Waals surface area (Å²) in [5, 5.41) is 0. The Labute approximate surface area is 84.3 Å². The van der Waals surface area contributed by atoms with E-state index >= 15 is 0 Å². The van der Waals surface area contributed by atoms with Crippen molar-refractivity contribution >= 4 is 15.5 Å². The van der Waals surface area contributed by atoms with Crippen molar-refractivity contribution in [2.45, 2.75) is 5.75 Å². The number of para-hydroxylation sites is 1. The van der Waals surface area contributed by atoms with Gasteiger partial charge in [0.25, 0.3) is 0 Å². The van der Waals surface area contributed by atoms with Crippen molar-refractivity contribution in [3.8, 4) is 0 Å². The van der Waals surface area contributed by atoms with Gasteiger partial charge in [-0.1, -0.05) is 18.2 Å². The third-order valence-electron chi connectivity index (χ3n) is 2.52. The van der Waals surface area contributed by atoms with Crippen LogP contribution in [0.2, 0.25) is 0 Å². The minimum atomic E-state index is -2.91. The van der Waals surface area contributed by atoms with Crippen molar-refractivity contribution < 1.29 is 8.42 Å². The van der Waals surface area contributed by atoms with Crippen LogP contribution in [0.5, 0.6) is 0 Å². The highest BCUT2D eigenvalue weighted by molar-refractivity contribution is 7.90. The van der Waals surface area contributed by atoms with Crippen molar-refractivity contribution in [3.05, 3.63) is 29.8 Å². The topological polar surface area (TPSA) is 37.4 Å². The van der Waals surface area contributed by atoms with E-state index in [4.69, 9.17) is 0 Å². The summed E-state index contributed by atoms with van der Waals surface area (Å²) < 4.78 is 23.1. The Morgan fingerprint density at radius 2 is 2.00 bits per heavy atom. The molecular weight excluding hydrogens is 198 g/mol. The summed E-state index contributed by atoms with van der Waals surface area (Å²) in [5.41, 5.74) is 1.95. The molecule has 0 spiro atoms. The van der Waals surface area contributed by atoms with Crippen LogP contribution in [0.4, 0.5) is 5.69 Å². The van der Waals surface area contributed by atoms with Crippen LogP contribution < -0.4 is 4.90 Å². The maximum atomic E-state index is 11.6. The summed E-state index contributed by atoms with van der Waals surface area (Å²) in [6.45, 7) is 0.583. The molecule has 0 saturated heterocycles. The van der Waals surface area contributed by atoms with E-state index in [-0.39, 0.29) is 11.5 Å². The van der Waals surface area contributed by atoms with Crippen LogP contribution in [0.25, 0.3) is 0 Å². The lowest BCUT2D eigenvalue weighted by atomic mass is 10.2. The van der Waals surface area contributed by atoms with Gasteiger partial charge >= 0.3 is 0 Å². The number of rotatable bonds is 0. The molecule has 14 heavy (non-hydrogen) atoms. The van der Waals surface area contributed by atoms with Gasteiger partial charge in [0, 0.05) is 19.3 Å². The smallest absolute Gasteiger partial charge is 0.156 e. The molecule has 1 aromatic carbocycles. The molecular formula is C10H13NO2S. The first-order valence-corrected chi connectivity index (χ1v) is 6.40. The molecule has 0 aliphatic carbocycles. The van der Waals surface area contributed by atoms with Crippen LogP contribution in [-0.2, 0) is 15.6 Å². The summed E-state index contributed by atoms with van der Waals surface area (Å²) in [5.74, 6) is 0.422. The molecule has 0 radical (unpaired) electrons. The minimum Gasteiger partial charge on any atom is -0.373 e. The Kier molecular flexibility index (Phi) is 2.23. The van der Waals surface area contributed by atoms with Gasteiger partial charge < -0.3 is 4.90 Å². The van der Waals surface area contributed by atoms with Crippen LogP contribution in [0.3, 0.4) is 0 Å². The zero-order valence-electron chi connectivity index (χ0n) is 8.10. The Bertz CT molecular complexity index is 439. The predicted molar refractivity (Wildman–Crippen MR) is 57.2 cm³/mol. The number of benzene rings is 1. The van der Waals surface area contributed by atoms with E-state index in [2.05, 4.69) is 0 Å².